The van der Waals surface area contributed by atoms with Crippen molar-refractivity contribution in [3.63, 3.8) is 0 Å². The summed E-state index contributed by atoms with van der Waals surface area (Å²) in [4.78, 5) is 4.24. The van der Waals surface area contributed by atoms with Crippen molar-refractivity contribution in [3.8, 4) is 0 Å². The Hall–Kier alpha value is -0.910. The van der Waals surface area contributed by atoms with Crippen molar-refractivity contribution in [2.75, 3.05) is 12.4 Å². The van der Waals surface area contributed by atoms with Gasteiger partial charge in [-0.25, -0.2) is 4.98 Å². The highest BCUT2D eigenvalue weighted by molar-refractivity contribution is 9.10. The molecule has 0 aliphatic carbocycles. The predicted octanol–water partition coefficient (Wildman–Crippen LogP) is 3.66. The van der Waals surface area contributed by atoms with Crippen LogP contribution in [-0.4, -0.2) is 12.1 Å². The molecule has 0 amide bonds. The quantitative estimate of drug-likeness (QED) is 0.914. The van der Waals surface area contributed by atoms with Gasteiger partial charge >= 0.3 is 0 Å². The van der Waals surface area contributed by atoms with E-state index in [0.29, 0.717) is 6.61 Å². The van der Waals surface area contributed by atoms with Crippen molar-refractivity contribution in [2.45, 2.75) is 13.2 Å². The number of methoxy groups -OCH3 is 1. The van der Waals surface area contributed by atoms with Crippen molar-refractivity contribution in [3.05, 3.63) is 44.8 Å². The van der Waals surface area contributed by atoms with Crippen LogP contribution in [-0.2, 0) is 17.9 Å². The minimum absolute atomic E-state index is 0.585. The molecule has 0 unspecified atom stereocenters. The highest BCUT2D eigenvalue weighted by Gasteiger charge is 2.06. The van der Waals surface area contributed by atoms with E-state index in [0.717, 1.165) is 27.3 Å². The van der Waals surface area contributed by atoms with Gasteiger partial charge in [-0.2, -0.15) is 0 Å². The molecule has 1 N–H and O–H groups in total. The molecular formula is C12H13BrN2OS. The van der Waals surface area contributed by atoms with E-state index in [1.165, 1.54) is 0 Å². The largest absolute Gasteiger partial charge is 0.380 e. The summed E-state index contributed by atoms with van der Waals surface area (Å²) < 4.78 is 6.26. The van der Waals surface area contributed by atoms with E-state index < -0.39 is 0 Å². The maximum Gasteiger partial charge on any atom is 0.112 e. The van der Waals surface area contributed by atoms with Crippen LogP contribution in [0.5, 0.6) is 0 Å². The van der Waals surface area contributed by atoms with Crippen molar-refractivity contribution in [2.24, 2.45) is 0 Å². The molecule has 0 atom stereocenters. The van der Waals surface area contributed by atoms with Gasteiger partial charge in [0.15, 0.2) is 0 Å². The van der Waals surface area contributed by atoms with Gasteiger partial charge in [0.25, 0.3) is 0 Å². The van der Waals surface area contributed by atoms with E-state index >= 15 is 0 Å². The molecule has 1 aromatic carbocycles. The zero-order chi connectivity index (χ0) is 12.1. The first-order chi connectivity index (χ1) is 8.31. The number of anilines is 1. The van der Waals surface area contributed by atoms with Gasteiger partial charge in [-0.05, 0) is 12.1 Å². The van der Waals surface area contributed by atoms with E-state index in [9.17, 15) is 0 Å². The van der Waals surface area contributed by atoms with Gasteiger partial charge in [-0.3, -0.25) is 0 Å². The highest BCUT2D eigenvalue weighted by Crippen LogP contribution is 2.26. The molecule has 90 valence electrons. The van der Waals surface area contributed by atoms with Gasteiger partial charge in [-0.15, -0.1) is 11.3 Å². The number of benzene rings is 1. The van der Waals surface area contributed by atoms with E-state index in [-0.39, 0.29) is 0 Å². The van der Waals surface area contributed by atoms with Gasteiger partial charge in [-0.1, -0.05) is 22.0 Å². The third-order valence-electron chi connectivity index (χ3n) is 2.32. The zero-order valence-electron chi connectivity index (χ0n) is 9.44. The second-order valence-electron chi connectivity index (χ2n) is 3.48. The van der Waals surface area contributed by atoms with Crippen molar-refractivity contribution >= 4 is 33.0 Å². The van der Waals surface area contributed by atoms with Gasteiger partial charge < -0.3 is 10.1 Å². The fraction of sp³-hybridized carbons (Fsp3) is 0.250. The third kappa shape index (κ3) is 3.28. The number of aromatic nitrogens is 1. The summed E-state index contributed by atoms with van der Waals surface area (Å²) in [5, 5.41) is 6.44. The molecule has 0 aliphatic heterocycles. The molecular weight excluding hydrogens is 300 g/mol. The first-order valence-electron chi connectivity index (χ1n) is 5.20. The molecule has 0 fully saturated rings. The monoisotopic (exact) mass is 312 g/mol. The number of nitrogens with zero attached hydrogens (tertiary/aromatic N) is 1. The fourth-order valence-corrected chi connectivity index (χ4v) is 2.56. The molecule has 0 bridgehead atoms. The number of halogens is 1. The van der Waals surface area contributed by atoms with Crippen molar-refractivity contribution < 1.29 is 4.74 Å². The molecule has 5 heteroatoms. The van der Waals surface area contributed by atoms with Crippen molar-refractivity contribution in [1.82, 2.24) is 4.98 Å². The van der Waals surface area contributed by atoms with Crippen LogP contribution in [0, 0.1) is 0 Å². The maximum absolute atomic E-state index is 5.20. The van der Waals surface area contributed by atoms with E-state index in [1.54, 1.807) is 18.4 Å². The van der Waals surface area contributed by atoms with Gasteiger partial charge in [0.05, 0.1) is 13.2 Å². The highest BCUT2D eigenvalue weighted by atomic mass is 79.9. The molecule has 0 saturated carbocycles. The van der Waals surface area contributed by atoms with E-state index in [2.05, 4.69) is 26.2 Å². The number of hydrogen-bond acceptors (Lipinski definition) is 4. The number of nitrogens with one attached hydrogen (secondary N) is 1. The lowest BCUT2D eigenvalue weighted by atomic mass is 10.2. The van der Waals surface area contributed by atoms with Crippen LogP contribution in [0.3, 0.4) is 0 Å². The Kier molecular flexibility index (Phi) is 4.53. The molecule has 1 aromatic heterocycles. The van der Waals surface area contributed by atoms with Gasteiger partial charge in [0.2, 0.25) is 0 Å². The lowest BCUT2D eigenvalue weighted by molar-refractivity contribution is 0.185. The second kappa shape index (κ2) is 6.14. The number of hydrogen-bond donors (Lipinski definition) is 1. The molecule has 0 spiro atoms. The molecule has 17 heavy (non-hydrogen) atoms. The zero-order valence-corrected chi connectivity index (χ0v) is 11.8. The molecule has 0 radical (unpaired) electrons. The predicted molar refractivity (Wildman–Crippen MR) is 74.3 cm³/mol. The van der Waals surface area contributed by atoms with Crippen LogP contribution in [0.25, 0.3) is 0 Å². The number of ether oxygens (including phenoxy) is 1. The molecule has 1 heterocycles. The Labute approximate surface area is 113 Å². The first-order valence-corrected chi connectivity index (χ1v) is 6.87. The molecule has 0 saturated heterocycles. The molecule has 3 nitrogen and oxygen atoms in total. The lowest BCUT2D eigenvalue weighted by Gasteiger charge is -2.12. The fourth-order valence-electron chi connectivity index (χ4n) is 1.53. The van der Waals surface area contributed by atoms with Gasteiger partial charge in [0, 0.05) is 34.4 Å². The summed E-state index contributed by atoms with van der Waals surface area (Å²) >= 11 is 5.18. The average Bonchev–Trinajstić information content (AvgIpc) is 2.83. The summed E-state index contributed by atoms with van der Waals surface area (Å²) in [6.07, 6.45) is 1.82. The smallest absolute Gasteiger partial charge is 0.112 e. The van der Waals surface area contributed by atoms with Crippen LogP contribution in [0.2, 0.25) is 0 Å². The van der Waals surface area contributed by atoms with Crippen LogP contribution in [0.4, 0.5) is 5.69 Å². The van der Waals surface area contributed by atoms with E-state index in [1.807, 2.05) is 29.8 Å². The molecule has 2 rings (SSSR count). The molecule has 2 aromatic rings. The normalized spacial score (nSPS) is 10.5. The van der Waals surface area contributed by atoms with Gasteiger partial charge in [0.1, 0.15) is 5.01 Å². The Bertz CT molecular complexity index is 473. The minimum Gasteiger partial charge on any atom is -0.380 e. The van der Waals surface area contributed by atoms with Crippen LogP contribution >= 0.6 is 27.3 Å². The molecule has 0 aliphatic rings. The second-order valence-corrected chi connectivity index (χ2v) is 5.31. The summed E-state index contributed by atoms with van der Waals surface area (Å²) in [5.41, 5.74) is 2.21. The van der Waals surface area contributed by atoms with Crippen LogP contribution in [0.1, 0.15) is 10.6 Å². The SMILES string of the molecule is COCc1c(Br)cccc1NCc1nccs1. The minimum atomic E-state index is 0.585. The summed E-state index contributed by atoms with van der Waals surface area (Å²) in [6, 6.07) is 6.07. The van der Waals surface area contributed by atoms with Crippen LogP contribution in [0.15, 0.2) is 34.2 Å². The summed E-state index contributed by atoms with van der Waals surface area (Å²) in [6.45, 7) is 1.33. The summed E-state index contributed by atoms with van der Waals surface area (Å²) in [7, 11) is 1.70. The first kappa shape index (κ1) is 12.5. The topological polar surface area (TPSA) is 34.1 Å². The number of rotatable bonds is 5. The summed E-state index contributed by atoms with van der Waals surface area (Å²) in [5.74, 6) is 0. The Morgan fingerprint density at radius 3 is 3.06 bits per heavy atom. The average molecular weight is 313 g/mol. The van der Waals surface area contributed by atoms with Crippen LogP contribution < -0.4 is 5.32 Å². The third-order valence-corrected chi connectivity index (χ3v) is 3.84. The van der Waals surface area contributed by atoms with E-state index in [4.69, 9.17) is 4.74 Å². The van der Waals surface area contributed by atoms with Crippen molar-refractivity contribution in [1.29, 1.82) is 0 Å². The Morgan fingerprint density at radius 1 is 1.47 bits per heavy atom. The maximum atomic E-state index is 5.20. The number of thiazole rings is 1. The Balaban J connectivity index is 2.11. The Morgan fingerprint density at radius 2 is 2.35 bits per heavy atom. The lowest BCUT2D eigenvalue weighted by Crippen LogP contribution is -2.03. The standard InChI is InChI=1S/C12H13BrN2OS/c1-16-8-9-10(13)3-2-4-11(9)15-7-12-14-5-6-17-12/h2-6,15H,7-8H2,1H3.